The molecule has 1 amide bonds. The van der Waals surface area contributed by atoms with Crippen molar-refractivity contribution in [3.8, 4) is 5.75 Å². The Hall–Kier alpha value is -1.89. The third kappa shape index (κ3) is 5.54. The first-order chi connectivity index (χ1) is 13.0. The van der Waals surface area contributed by atoms with Gasteiger partial charge in [-0.2, -0.15) is 0 Å². The van der Waals surface area contributed by atoms with Gasteiger partial charge >= 0.3 is 0 Å². The quantitative estimate of drug-likeness (QED) is 0.792. The van der Waals surface area contributed by atoms with E-state index in [0.717, 1.165) is 23.7 Å². The molecular formula is C21H28N2O3S. The summed E-state index contributed by atoms with van der Waals surface area (Å²) < 4.78 is 5.65. The minimum absolute atomic E-state index is 0.0152. The van der Waals surface area contributed by atoms with Gasteiger partial charge in [-0.3, -0.25) is 9.69 Å². The van der Waals surface area contributed by atoms with Crippen LogP contribution in [0, 0.1) is 0 Å². The number of carbonyl (C=O) groups is 1. The number of rotatable bonds is 7. The van der Waals surface area contributed by atoms with Gasteiger partial charge in [0.25, 0.3) is 5.91 Å². The molecule has 0 radical (unpaired) electrons. The molecule has 1 aliphatic heterocycles. The van der Waals surface area contributed by atoms with Crippen LogP contribution in [-0.4, -0.2) is 60.1 Å². The summed E-state index contributed by atoms with van der Waals surface area (Å²) in [5.41, 5.74) is 1.26. The fourth-order valence-corrected chi connectivity index (χ4v) is 3.88. The molecule has 1 fully saturated rings. The number of aliphatic hydroxyl groups excluding tert-OH is 1. The average molecular weight is 389 g/mol. The molecule has 5 nitrogen and oxygen atoms in total. The number of ether oxygens (including phenoxy) is 1. The van der Waals surface area contributed by atoms with Crippen LogP contribution in [0.2, 0.25) is 0 Å². The molecule has 6 heteroatoms. The Morgan fingerprint density at radius 3 is 2.44 bits per heavy atom. The lowest BCUT2D eigenvalue weighted by Crippen LogP contribution is -2.50. The fraction of sp³-hybridized carbons (Fsp3) is 0.476. The maximum atomic E-state index is 12.4. The average Bonchev–Trinajstić information content (AvgIpc) is 3.22. The van der Waals surface area contributed by atoms with Crippen molar-refractivity contribution in [3.05, 3.63) is 52.2 Å². The number of benzene rings is 1. The highest BCUT2D eigenvalue weighted by atomic mass is 32.1. The number of hydrogen-bond acceptors (Lipinski definition) is 5. The molecule has 1 N–H and O–H groups in total. The number of β-amino-alcohol motifs (C(OH)–C–C–N with tert-alkyl or cyclic N) is 1. The molecule has 2 heterocycles. The largest absolute Gasteiger partial charge is 0.484 e. The van der Waals surface area contributed by atoms with E-state index in [-0.39, 0.29) is 12.5 Å². The number of carbonyl (C=O) groups excluding carboxylic acids is 1. The molecule has 0 saturated carbocycles. The van der Waals surface area contributed by atoms with Crippen LogP contribution in [-0.2, 0) is 4.79 Å². The summed E-state index contributed by atoms with van der Waals surface area (Å²) in [7, 11) is 0. The number of amides is 1. The first-order valence-corrected chi connectivity index (χ1v) is 10.3. The van der Waals surface area contributed by atoms with Gasteiger partial charge in [0.1, 0.15) is 11.9 Å². The highest BCUT2D eigenvalue weighted by Crippen LogP contribution is 2.21. The minimum Gasteiger partial charge on any atom is -0.484 e. The maximum absolute atomic E-state index is 12.4. The van der Waals surface area contributed by atoms with E-state index in [1.54, 1.807) is 11.3 Å². The summed E-state index contributed by atoms with van der Waals surface area (Å²) in [6.45, 7) is 7.88. The molecule has 2 aromatic rings. The zero-order chi connectivity index (χ0) is 19.2. The van der Waals surface area contributed by atoms with E-state index in [4.69, 9.17) is 4.74 Å². The number of piperazine rings is 1. The van der Waals surface area contributed by atoms with E-state index in [9.17, 15) is 9.90 Å². The first-order valence-electron chi connectivity index (χ1n) is 9.47. The molecule has 1 atom stereocenters. The van der Waals surface area contributed by atoms with Gasteiger partial charge in [0.2, 0.25) is 0 Å². The topological polar surface area (TPSA) is 53.0 Å². The second-order valence-electron chi connectivity index (χ2n) is 7.23. The summed E-state index contributed by atoms with van der Waals surface area (Å²) in [6.07, 6.45) is -0.454. The molecule has 1 saturated heterocycles. The van der Waals surface area contributed by atoms with Crippen molar-refractivity contribution in [2.75, 3.05) is 39.3 Å². The van der Waals surface area contributed by atoms with Crippen molar-refractivity contribution in [3.63, 3.8) is 0 Å². The van der Waals surface area contributed by atoms with Crippen LogP contribution in [0.1, 0.15) is 36.3 Å². The lowest BCUT2D eigenvalue weighted by molar-refractivity contribution is -0.135. The highest BCUT2D eigenvalue weighted by Gasteiger charge is 2.23. The van der Waals surface area contributed by atoms with Gasteiger partial charge < -0.3 is 14.7 Å². The highest BCUT2D eigenvalue weighted by molar-refractivity contribution is 7.10. The summed E-state index contributed by atoms with van der Waals surface area (Å²) in [6, 6.07) is 11.8. The Bertz CT molecular complexity index is 708. The Balaban J connectivity index is 1.40. The van der Waals surface area contributed by atoms with E-state index in [0.29, 0.717) is 25.6 Å². The van der Waals surface area contributed by atoms with Crippen LogP contribution >= 0.6 is 11.3 Å². The molecule has 0 spiro atoms. The Labute approximate surface area is 165 Å². The summed E-state index contributed by atoms with van der Waals surface area (Å²) in [4.78, 5) is 17.4. The third-order valence-corrected chi connectivity index (χ3v) is 5.91. The summed E-state index contributed by atoms with van der Waals surface area (Å²) in [5.74, 6) is 1.22. The SMILES string of the molecule is CC(C)c1ccc(OCC(=O)N2CCN(CC(O)c3cccs3)CC2)cc1. The first kappa shape index (κ1) is 19.9. The molecule has 0 bridgehead atoms. The van der Waals surface area contributed by atoms with Crippen molar-refractivity contribution in [2.24, 2.45) is 0 Å². The van der Waals surface area contributed by atoms with Crippen molar-refractivity contribution in [1.82, 2.24) is 9.80 Å². The van der Waals surface area contributed by atoms with Gasteiger partial charge in [-0.25, -0.2) is 0 Å². The molecule has 0 aliphatic carbocycles. The Morgan fingerprint density at radius 2 is 1.85 bits per heavy atom. The molecule has 1 unspecified atom stereocenters. The van der Waals surface area contributed by atoms with Crippen LogP contribution < -0.4 is 4.74 Å². The number of nitrogens with zero attached hydrogens (tertiary/aromatic N) is 2. The van der Waals surface area contributed by atoms with Gasteiger partial charge in [-0.15, -0.1) is 11.3 Å². The number of aliphatic hydroxyl groups is 1. The minimum atomic E-state index is -0.454. The van der Waals surface area contributed by atoms with Crippen LogP contribution in [0.25, 0.3) is 0 Å². The van der Waals surface area contributed by atoms with Crippen LogP contribution in [0.15, 0.2) is 41.8 Å². The van der Waals surface area contributed by atoms with Crippen molar-refractivity contribution in [2.45, 2.75) is 25.9 Å². The van der Waals surface area contributed by atoms with E-state index in [1.165, 1.54) is 5.56 Å². The zero-order valence-corrected chi connectivity index (χ0v) is 16.8. The van der Waals surface area contributed by atoms with Crippen molar-refractivity contribution >= 4 is 17.2 Å². The molecule has 1 aliphatic rings. The van der Waals surface area contributed by atoms with Gasteiger partial charge in [0.15, 0.2) is 6.61 Å². The predicted octanol–water partition coefficient (Wildman–Crippen LogP) is 3.13. The van der Waals surface area contributed by atoms with Crippen LogP contribution in [0.3, 0.4) is 0 Å². The predicted molar refractivity (Wildman–Crippen MR) is 108 cm³/mol. The maximum Gasteiger partial charge on any atom is 0.260 e. The number of thiophene rings is 1. The van der Waals surface area contributed by atoms with E-state index >= 15 is 0 Å². The lowest BCUT2D eigenvalue weighted by Gasteiger charge is -2.35. The van der Waals surface area contributed by atoms with Gasteiger partial charge in [0, 0.05) is 37.6 Å². The standard InChI is InChI=1S/C21H28N2O3S/c1-16(2)17-5-7-18(8-6-17)26-15-21(25)23-11-9-22(10-12-23)14-19(24)20-4-3-13-27-20/h3-8,13,16,19,24H,9-12,14-15H2,1-2H3. The molecule has 1 aromatic heterocycles. The zero-order valence-electron chi connectivity index (χ0n) is 16.0. The summed E-state index contributed by atoms with van der Waals surface area (Å²) >= 11 is 1.57. The third-order valence-electron chi connectivity index (χ3n) is 4.94. The molecule has 146 valence electrons. The molecular weight excluding hydrogens is 360 g/mol. The molecule has 3 rings (SSSR count). The van der Waals surface area contributed by atoms with Gasteiger partial charge in [0.05, 0.1) is 0 Å². The fourth-order valence-electron chi connectivity index (χ4n) is 3.18. The van der Waals surface area contributed by atoms with Gasteiger partial charge in [-0.05, 0) is 35.1 Å². The second kappa shape index (κ2) is 9.35. The Kier molecular flexibility index (Phi) is 6.88. The smallest absolute Gasteiger partial charge is 0.260 e. The second-order valence-corrected chi connectivity index (χ2v) is 8.20. The lowest BCUT2D eigenvalue weighted by atomic mass is 10.0. The normalized spacial score (nSPS) is 16.5. The Morgan fingerprint density at radius 1 is 1.15 bits per heavy atom. The van der Waals surface area contributed by atoms with Crippen molar-refractivity contribution < 1.29 is 14.6 Å². The van der Waals surface area contributed by atoms with Gasteiger partial charge in [-0.1, -0.05) is 32.0 Å². The van der Waals surface area contributed by atoms with Crippen LogP contribution in [0.4, 0.5) is 0 Å². The number of hydrogen-bond donors (Lipinski definition) is 1. The molecule has 1 aromatic carbocycles. The molecule has 27 heavy (non-hydrogen) atoms. The van der Waals surface area contributed by atoms with E-state index in [1.807, 2.05) is 46.7 Å². The van der Waals surface area contributed by atoms with Crippen LogP contribution in [0.5, 0.6) is 5.75 Å². The monoisotopic (exact) mass is 388 g/mol. The summed E-state index contributed by atoms with van der Waals surface area (Å²) in [5, 5.41) is 12.2. The van der Waals surface area contributed by atoms with E-state index in [2.05, 4.69) is 18.7 Å². The van der Waals surface area contributed by atoms with Crippen molar-refractivity contribution in [1.29, 1.82) is 0 Å². The van der Waals surface area contributed by atoms with E-state index < -0.39 is 6.10 Å².